The molecule has 2 N–H and O–H groups in total. The van der Waals surface area contributed by atoms with E-state index in [0.717, 1.165) is 12.5 Å². The van der Waals surface area contributed by atoms with Crippen LogP contribution in [0.3, 0.4) is 0 Å². The van der Waals surface area contributed by atoms with E-state index in [1.807, 2.05) is 20.8 Å². The lowest BCUT2D eigenvalue weighted by Gasteiger charge is -2.29. The van der Waals surface area contributed by atoms with E-state index in [0.29, 0.717) is 32.3 Å². The maximum Gasteiger partial charge on any atom is 0.500 e. The minimum atomic E-state index is -2.43. The lowest BCUT2D eigenvalue weighted by molar-refractivity contribution is 0.0698. The van der Waals surface area contributed by atoms with Crippen molar-refractivity contribution in [1.29, 1.82) is 0 Å². The Morgan fingerprint density at radius 2 is 1.44 bits per heavy atom. The van der Waals surface area contributed by atoms with Crippen LogP contribution in [-0.4, -0.2) is 35.2 Å². The molecule has 0 aromatic heterocycles. The summed E-state index contributed by atoms with van der Waals surface area (Å²) < 4.78 is 17.3. The van der Waals surface area contributed by atoms with Gasteiger partial charge in [-0.1, -0.05) is 6.92 Å². The molecule has 0 radical (unpaired) electrons. The number of hydrogen-bond donors (Lipinski definition) is 1. The highest BCUT2D eigenvalue weighted by atomic mass is 28.4. The fourth-order valence-electron chi connectivity index (χ4n) is 1.54. The molecule has 98 valence electrons. The highest BCUT2D eigenvalue weighted by molar-refractivity contribution is 6.60. The van der Waals surface area contributed by atoms with Crippen LogP contribution in [0.2, 0.25) is 6.04 Å². The molecule has 0 amide bonds. The van der Waals surface area contributed by atoms with Crippen molar-refractivity contribution in [2.75, 3.05) is 26.4 Å². The summed E-state index contributed by atoms with van der Waals surface area (Å²) in [5.41, 5.74) is 5.62. The van der Waals surface area contributed by atoms with E-state index in [9.17, 15) is 0 Å². The summed E-state index contributed by atoms with van der Waals surface area (Å²) in [5.74, 6) is 0.494. The predicted octanol–water partition coefficient (Wildman–Crippen LogP) is 2.02. The number of rotatable bonds is 10. The monoisotopic (exact) mass is 249 g/mol. The highest BCUT2D eigenvalue weighted by Gasteiger charge is 2.39. The first-order valence-corrected chi connectivity index (χ1v) is 8.19. The second-order valence-electron chi connectivity index (χ2n) is 3.86. The number of hydrogen-bond acceptors (Lipinski definition) is 4. The summed E-state index contributed by atoms with van der Waals surface area (Å²) >= 11 is 0. The Bertz CT molecular complexity index is 152. The van der Waals surface area contributed by atoms with Crippen molar-refractivity contribution in [3.63, 3.8) is 0 Å². The first-order chi connectivity index (χ1) is 7.64. The van der Waals surface area contributed by atoms with Gasteiger partial charge in [0.15, 0.2) is 0 Å². The predicted molar refractivity (Wildman–Crippen MR) is 68.3 cm³/mol. The van der Waals surface area contributed by atoms with Gasteiger partial charge in [-0.15, -0.1) is 0 Å². The molecular formula is C11H27NO3Si. The third-order valence-corrected chi connectivity index (χ3v) is 5.52. The van der Waals surface area contributed by atoms with Gasteiger partial charge in [0.05, 0.1) is 0 Å². The largest absolute Gasteiger partial charge is 0.500 e. The van der Waals surface area contributed by atoms with Gasteiger partial charge in [0.25, 0.3) is 0 Å². The molecule has 0 bridgehead atoms. The summed E-state index contributed by atoms with van der Waals surface area (Å²) in [5, 5.41) is 0. The summed E-state index contributed by atoms with van der Waals surface area (Å²) in [6, 6.07) is 0.862. The van der Waals surface area contributed by atoms with Crippen molar-refractivity contribution < 1.29 is 13.3 Å². The van der Waals surface area contributed by atoms with Crippen molar-refractivity contribution in [2.24, 2.45) is 11.7 Å². The lowest BCUT2D eigenvalue weighted by atomic mass is 10.1. The summed E-state index contributed by atoms with van der Waals surface area (Å²) in [4.78, 5) is 0. The molecule has 0 aliphatic carbocycles. The standard InChI is InChI=1S/C11H27NO3Si/c1-5-13-16(14-6-2,15-7-3)9-8-11(4)10-12/h11H,5-10,12H2,1-4H3. The van der Waals surface area contributed by atoms with Gasteiger partial charge >= 0.3 is 8.80 Å². The fraction of sp³-hybridized carbons (Fsp3) is 1.00. The van der Waals surface area contributed by atoms with Gasteiger partial charge in [0.2, 0.25) is 0 Å². The maximum absolute atomic E-state index is 5.76. The molecule has 0 aliphatic heterocycles. The molecule has 5 heteroatoms. The normalized spacial score (nSPS) is 14.1. The second kappa shape index (κ2) is 9.12. The molecule has 1 unspecified atom stereocenters. The Labute approximate surface area is 101 Å². The van der Waals surface area contributed by atoms with Crippen molar-refractivity contribution >= 4 is 8.80 Å². The van der Waals surface area contributed by atoms with Crippen LogP contribution in [0.5, 0.6) is 0 Å². The van der Waals surface area contributed by atoms with E-state index in [1.54, 1.807) is 0 Å². The molecule has 0 spiro atoms. The third-order valence-electron chi connectivity index (χ3n) is 2.44. The molecule has 0 aromatic carbocycles. The van der Waals surface area contributed by atoms with Crippen LogP contribution in [0, 0.1) is 5.92 Å². The Morgan fingerprint density at radius 1 is 1.00 bits per heavy atom. The minimum absolute atomic E-state index is 0.494. The first kappa shape index (κ1) is 16.1. The smallest absolute Gasteiger partial charge is 0.374 e. The van der Waals surface area contributed by atoms with Gasteiger partial charge in [-0.25, -0.2) is 0 Å². The molecule has 0 aromatic rings. The molecular weight excluding hydrogens is 222 g/mol. The Balaban J connectivity index is 4.34. The molecule has 0 fully saturated rings. The van der Waals surface area contributed by atoms with Gasteiger partial charge < -0.3 is 19.0 Å². The molecule has 4 nitrogen and oxygen atoms in total. The van der Waals surface area contributed by atoms with Crippen molar-refractivity contribution in [2.45, 2.75) is 40.2 Å². The summed E-state index contributed by atoms with van der Waals surface area (Å²) in [7, 11) is -2.43. The van der Waals surface area contributed by atoms with Crippen LogP contribution in [0.1, 0.15) is 34.1 Å². The summed E-state index contributed by atoms with van der Waals surface area (Å²) in [6.07, 6.45) is 1.00. The van der Waals surface area contributed by atoms with Gasteiger partial charge in [0.1, 0.15) is 0 Å². The molecule has 1 atom stereocenters. The van der Waals surface area contributed by atoms with E-state index in [1.165, 1.54) is 0 Å². The maximum atomic E-state index is 5.76. The molecule has 16 heavy (non-hydrogen) atoms. The van der Waals surface area contributed by atoms with Gasteiger partial charge in [-0.2, -0.15) is 0 Å². The topological polar surface area (TPSA) is 53.7 Å². The van der Waals surface area contributed by atoms with Crippen LogP contribution >= 0.6 is 0 Å². The van der Waals surface area contributed by atoms with Gasteiger partial charge in [-0.3, -0.25) is 0 Å². The van der Waals surface area contributed by atoms with E-state index in [4.69, 9.17) is 19.0 Å². The van der Waals surface area contributed by atoms with Crippen LogP contribution in [-0.2, 0) is 13.3 Å². The molecule has 0 heterocycles. The highest BCUT2D eigenvalue weighted by Crippen LogP contribution is 2.20. The molecule has 0 rings (SSSR count). The zero-order chi connectivity index (χ0) is 12.4. The summed E-state index contributed by atoms with van der Waals surface area (Å²) in [6.45, 7) is 10.7. The van der Waals surface area contributed by atoms with Crippen molar-refractivity contribution in [3.05, 3.63) is 0 Å². The second-order valence-corrected chi connectivity index (χ2v) is 6.59. The quantitative estimate of drug-likeness (QED) is 0.602. The fourth-order valence-corrected chi connectivity index (χ4v) is 4.39. The number of nitrogens with two attached hydrogens (primary N) is 1. The Hall–Kier alpha value is 0.0569. The first-order valence-electron chi connectivity index (χ1n) is 6.26. The van der Waals surface area contributed by atoms with Gasteiger partial charge in [0, 0.05) is 25.9 Å². The molecule has 0 aliphatic rings. The van der Waals surface area contributed by atoms with E-state index < -0.39 is 8.80 Å². The lowest BCUT2D eigenvalue weighted by Crippen LogP contribution is -2.46. The van der Waals surface area contributed by atoms with Gasteiger partial charge in [-0.05, 0) is 39.7 Å². The SMILES string of the molecule is CCO[Si](CCC(C)CN)(OCC)OCC. The minimum Gasteiger partial charge on any atom is -0.374 e. The third kappa shape index (κ3) is 5.96. The van der Waals surface area contributed by atoms with Crippen LogP contribution in [0.15, 0.2) is 0 Å². The molecule has 0 saturated carbocycles. The molecule has 0 saturated heterocycles. The Morgan fingerprint density at radius 3 is 1.75 bits per heavy atom. The van der Waals surface area contributed by atoms with Crippen molar-refractivity contribution in [3.8, 4) is 0 Å². The van der Waals surface area contributed by atoms with Crippen LogP contribution in [0.4, 0.5) is 0 Å². The Kier molecular flexibility index (Phi) is 9.16. The zero-order valence-electron chi connectivity index (χ0n) is 11.1. The average Bonchev–Trinajstić information content (AvgIpc) is 2.27. The zero-order valence-corrected chi connectivity index (χ0v) is 12.1. The van der Waals surface area contributed by atoms with E-state index in [-0.39, 0.29) is 0 Å². The van der Waals surface area contributed by atoms with Crippen molar-refractivity contribution in [1.82, 2.24) is 0 Å². The van der Waals surface area contributed by atoms with E-state index in [2.05, 4.69) is 6.92 Å². The van der Waals surface area contributed by atoms with E-state index >= 15 is 0 Å². The average molecular weight is 249 g/mol. The van der Waals surface area contributed by atoms with Crippen LogP contribution in [0.25, 0.3) is 0 Å². The van der Waals surface area contributed by atoms with Crippen LogP contribution < -0.4 is 5.73 Å².